The number of thiophene rings is 1. The molecular formula is C23H27N7O2S2. The molecule has 0 atom stereocenters. The Kier molecular flexibility index (Phi) is 5.51. The van der Waals surface area contributed by atoms with E-state index in [0.717, 1.165) is 27.6 Å². The van der Waals surface area contributed by atoms with E-state index in [1.54, 1.807) is 18.4 Å². The lowest BCUT2D eigenvalue weighted by Gasteiger charge is -2.19. The highest BCUT2D eigenvalue weighted by atomic mass is 32.2. The Balaban J connectivity index is 1.61. The molecule has 0 spiro atoms. The molecule has 2 N–H and O–H groups in total. The van der Waals surface area contributed by atoms with E-state index in [9.17, 15) is 9.59 Å². The number of fused-ring (bicyclic) bond motifs is 4. The largest absolute Gasteiger partial charge is 0.383 e. The van der Waals surface area contributed by atoms with Crippen LogP contribution in [0.4, 0.5) is 5.82 Å². The van der Waals surface area contributed by atoms with Crippen molar-refractivity contribution in [1.29, 1.82) is 0 Å². The molecule has 4 aromatic heterocycles. The fraction of sp³-hybridized carbons (Fsp3) is 0.478. The maximum atomic E-state index is 13.0. The molecule has 0 aromatic carbocycles. The molecule has 0 bridgehead atoms. The van der Waals surface area contributed by atoms with Crippen LogP contribution < -0.4 is 17.0 Å². The summed E-state index contributed by atoms with van der Waals surface area (Å²) in [6.45, 7) is 5.99. The minimum absolute atomic E-state index is 0.322. The maximum Gasteiger partial charge on any atom is 0.332 e. The lowest BCUT2D eigenvalue weighted by Crippen LogP contribution is -2.38. The zero-order valence-electron chi connectivity index (χ0n) is 19.9. The quantitative estimate of drug-likeness (QED) is 0.338. The fourth-order valence-electron chi connectivity index (χ4n) is 4.30. The van der Waals surface area contributed by atoms with Crippen LogP contribution in [0.3, 0.4) is 0 Å². The Morgan fingerprint density at radius 3 is 2.47 bits per heavy atom. The summed E-state index contributed by atoms with van der Waals surface area (Å²) in [6.07, 6.45) is 4.47. The second-order valence-electron chi connectivity index (χ2n) is 9.71. The second-order valence-corrected chi connectivity index (χ2v) is 11.8. The van der Waals surface area contributed by atoms with Crippen molar-refractivity contribution in [3.05, 3.63) is 42.9 Å². The van der Waals surface area contributed by atoms with Crippen molar-refractivity contribution in [1.82, 2.24) is 29.1 Å². The molecular weight excluding hydrogens is 470 g/mol. The van der Waals surface area contributed by atoms with Gasteiger partial charge < -0.3 is 5.73 Å². The van der Waals surface area contributed by atoms with E-state index in [2.05, 4.69) is 9.97 Å². The molecule has 11 heteroatoms. The third-order valence-electron chi connectivity index (χ3n) is 6.16. The van der Waals surface area contributed by atoms with Crippen LogP contribution in [0.2, 0.25) is 0 Å². The van der Waals surface area contributed by atoms with Gasteiger partial charge in [-0.1, -0.05) is 32.5 Å². The molecule has 4 heterocycles. The highest BCUT2D eigenvalue weighted by molar-refractivity contribution is 7.98. The molecule has 4 aromatic rings. The topological polar surface area (TPSA) is 122 Å². The second kappa shape index (κ2) is 8.16. The number of anilines is 1. The summed E-state index contributed by atoms with van der Waals surface area (Å²) in [5.74, 6) is 2.07. The Hall–Kier alpha value is -2.79. The monoisotopic (exact) mass is 497 g/mol. The Morgan fingerprint density at radius 1 is 1.00 bits per heavy atom. The van der Waals surface area contributed by atoms with Crippen LogP contribution in [0.25, 0.3) is 21.3 Å². The zero-order chi connectivity index (χ0) is 24.4. The van der Waals surface area contributed by atoms with E-state index in [1.807, 2.05) is 20.8 Å². The van der Waals surface area contributed by atoms with Crippen molar-refractivity contribution in [2.45, 2.75) is 62.6 Å². The van der Waals surface area contributed by atoms with Gasteiger partial charge in [0.25, 0.3) is 5.56 Å². The molecule has 1 aliphatic carbocycles. The van der Waals surface area contributed by atoms with Crippen LogP contribution in [0, 0.1) is 0 Å². The van der Waals surface area contributed by atoms with E-state index in [1.165, 1.54) is 46.7 Å². The Morgan fingerprint density at radius 2 is 1.74 bits per heavy atom. The normalized spacial score (nSPS) is 14.1. The number of rotatable bonds is 3. The summed E-state index contributed by atoms with van der Waals surface area (Å²) in [5.41, 5.74) is 6.82. The van der Waals surface area contributed by atoms with E-state index < -0.39 is 11.2 Å². The smallest absolute Gasteiger partial charge is 0.332 e. The van der Waals surface area contributed by atoms with Gasteiger partial charge in [0.1, 0.15) is 32.7 Å². The SMILES string of the molecule is Cn1c(=O)c2c(SCc3nc(N)c4c5c(sc4n3)CCCC5)nc(C(C)(C)C)nc2n(C)c1=O. The van der Waals surface area contributed by atoms with E-state index in [-0.39, 0.29) is 5.41 Å². The summed E-state index contributed by atoms with van der Waals surface area (Å²) in [5, 5.41) is 1.84. The first kappa shape index (κ1) is 23.0. The first-order chi connectivity index (χ1) is 16.1. The van der Waals surface area contributed by atoms with Crippen LogP contribution in [-0.4, -0.2) is 29.1 Å². The molecule has 34 heavy (non-hydrogen) atoms. The van der Waals surface area contributed by atoms with Gasteiger partial charge in [-0.3, -0.25) is 13.9 Å². The van der Waals surface area contributed by atoms with Gasteiger partial charge in [0.2, 0.25) is 0 Å². The summed E-state index contributed by atoms with van der Waals surface area (Å²) in [6, 6.07) is 0. The molecule has 0 radical (unpaired) electrons. The first-order valence-electron chi connectivity index (χ1n) is 11.2. The van der Waals surface area contributed by atoms with Crippen LogP contribution in [0.15, 0.2) is 14.6 Å². The van der Waals surface area contributed by atoms with Crippen LogP contribution in [-0.2, 0) is 38.1 Å². The molecule has 9 nitrogen and oxygen atoms in total. The van der Waals surface area contributed by atoms with Crippen molar-refractivity contribution in [2.24, 2.45) is 14.1 Å². The van der Waals surface area contributed by atoms with E-state index >= 15 is 0 Å². The molecule has 0 aliphatic heterocycles. The molecule has 5 rings (SSSR count). The van der Waals surface area contributed by atoms with Gasteiger partial charge in [0.05, 0.1) is 11.1 Å². The minimum Gasteiger partial charge on any atom is -0.383 e. The van der Waals surface area contributed by atoms with Crippen LogP contribution in [0.1, 0.15) is 55.7 Å². The summed E-state index contributed by atoms with van der Waals surface area (Å²) < 4.78 is 2.48. The van der Waals surface area contributed by atoms with Crippen LogP contribution >= 0.6 is 23.1 Å². The Labute approximate surface area is 204 Å². The average molecular weight is 498 g/mol. The molecule has 178 valence electrons. The number of aryl methyl sites for hydroxylation is 3. The van der Waals surface area contributed by atoms with Gasteiger partial charge in [0.15, 0.2) is 5.65 Å². The van der Waals surface area contributed by atoms with Crippen LogP contribution in [0.5, 0.6) is 0 Å². The highest BCUT2D eigenvalue weighted by Gasteiger charge is 2.24. The zero-order valence-corrected chi connectivity index (χ0v) is 21.6. The lowest BCUT2D eigenvalue weighted by atomic mass is 9.96. The van der Waals surface area contributed by atoms with Gasteiger partial charge in [0, 0.05) is 24.4 Å². The van der Waals surface area contributed by atoms with Gasteiger partial charge in [-0.15, -0.1) is 11.3 Å². The number of nitrogen functional groups attached to an aromatic ring is 1. The number of hydrogen-bond acceptors (Lipinski definition) is 9. The standard InChI is InChI=1S/C23H27N7O2S2/c1-23(2,3)21-27-17-15(20(31)30(5)22(32)29(17)4)18(28-21)33-10-13-25-16(24)14-11-8-6-7-9-12(11)34-19(14)26-13/h6-10H2,1-5H3,(H2,24,25,26). The summed E-state index contributed by atoms with van der Waals surface area (Å²) in [7, 11) is 3.08. The number of hydrogen-bond donors (Lipinski definition) is 1. The Bertz CT molecular complexity index is 1580. The number of nitrogens with two attached hydrogens (primary N) is 1. The fourth-order valence-corrected chi connectivity index (χ4v) is 6.45. The lowest BCUT2D eigenvalue weighted by molar-refractivity contribution is 0.539. The summed E-state index contributed by atoms with van der Waals surface area (Å²) in [4.78, 5) is 46.6. The van der Waals surface area contributed by atoms with Gasteiger partial charge in [-0.25, -0.2) is 24.7 Å². The summed E-state index contributed by atoms with van der Waals surface area (Å²) >= 11 is 3.08. The van der Waals surface area contributed by atoms with Crippen molar-refractivity contribution in [3.8, 4) is 0 Å². The van der Waals surface area contributed by atoms with Gasteiger partial charge in [-0.05, 0) is 31.2 Å². The molecule has 0 unspecified atom stereocenters. The van der Waals surface area contributed by atoms with Crippen molar-refractivity contribution >= 4 is 50.2 Å². The van der Waals surface area contributed by atoms with E-state index in [0.29, 0.717) is 39.3 Å². The van der Waals surface area contributed by atoms with Crippen molar-refractivity contribution in [3.63, 3.8) is 0 Å². The van der Waals surface area contributed by atoms with Crippen molar-refractivity contribution < 1.29 is 0 Å². The van der Waals surface area contributed by atoms with E-state index in [4.69, 9.17) is 15.7 Å². The highest BCUT2D eigenvalue weighted by Crippen LogP contribution is 2.38. The maximum absolute atomic E-state index is 13.0. The molecule has 0 saturated carbocycles. The molecule has 0 saturated heterocycles. The number of nitrogens with zero attached hydrogens (tertiary/aromatic N) is 6. The average Bonchev–Trinajstić information content (AvgIpc) is 3.17. The minimum atomic E-state index is -0.421. The third-order valence-corrected chi connectivity index (χ3v) is 8.32. The number of aromatic nitrogens is 6. The molecule has 0 amide bonds. The predicted octanol–water partition coefficient (Wildman–Crippen LogP) is 3.08. The molecule has 1 aliphatic rings. The number of thioether (sulfide) groups is 1. The first-order valence-corrected chi connectivity index (χ1v) is 13.0. The predicted molar refractivity (Wildman–Crippen MR) is 137 cm³/mol. The third kappa shape index (κ3) is 3.70. The van der Waals surface area contributed by atoms with Gasteiger partial charge in [-0.2, -0.15) is 0 Å². The molecule has 0 fully saturated rings. The van der Waals surface area contributed by atoms with Gasteiger partial charge >= 0.3 is 5.69 Å². The van der Waals surface area contributed by atoms with Crippen molar-refractivity contribution in [2.75, 3.05) is 5.73 Å².